The first-order valence-electron chi connectivity index (χ1n) is 9.75. The van der Waals surface area contributed by atoms with Gasteiger partial charge in [0.1, 0.15) is 11.6 Å². The topological polar surface area (TPSA) is 64.9 Å². The summed E-state index contributed by atoms with van der Waals surface area (Å²) in [6.07, 6.45) is 0.842. The summed E-state index contributed by atoms with van der Waals surface area (Å²) in [7, 11) is 0. The van der Waals surface area contributed by atoms with E-state index in [1.54, 1.807) is 6.07 Å². The van der Waals surface area contributed by atoms with E-state index in [0.717, 1.165) is 37.1 Å². The van der Waals surface area contributed by atoms with Gasteiger partial charge in [-0.15, -0.1) is 0 Å². The standard InChI is InChI=1S/C23H22F3N3O/c1-15(17-11-10-16-6-2-3-7-18(16)12-17)29-22(30)19(13-27)14-28-21-9-5-4-8-20(21)23(24,25)26/h4-5,8-12,14-15,28H,2-3,6-7H2,1H3,(H,29,30)/b19-14-. The van der Waals surface area contributed by atoms with Gasteiger partial charge in [0.15, 0.2) is 0 Å². The van der Waals surface area contributed by atoms with Crippen molar-refractivity contribution in [3.8, 4) is 6.07 Å². The maximum Gasteiger partial charge on any atom is 0.418 e. The van der Waals surface area contributed by atoms with Crippen LogP contribution in [0.5, 0.6) is 0 Å². The molecule has 156 valence electrons. The van der Waals surface area contributed by atoms with Crippen molar-refractivity contribution in [1.82, 2.24) is 5.32 Å². The molecule has 2 N–H and O–H groups in total. The van der Waals surface area contributed by atoms with Crippen LogP contribution in [0.25, 0.3) is 0 Å². The molecule has 3 rings (SSSR count). The second kappa shape index (κ2) is 9.04. The molecule has 1 aliphatic rings. The van der Waals surface area contributed by atoms with E-state index in [9.17, 15) is 23.2 Å². The number of hydrogen-bond acceptors (Lipinski definition) is 3. The number of benzene rings is 2. The van der Waals surface area contributed by atoms with Crippen molar-refractivity contribution in [1.29, 1.82) is 5.26 Å². The van der Waals surface area contributed by atoms with Crippen molar-refractivity contribution in [2.75, 3.05) is 5.32 Å². The van der Waals surface area contributed by atoms with E-state index in [0.29, 0.717) is 0 Å². The van der Waals surface area contributed by atoms with E-state index in [4.69, 9.17) is 0 Å². The molecule has 0 heterocycles. The van der Waals surface area contributed by atoms with E-state index < -0.39 is 17.6 Å². The minimum absolute atomic E-state index is 0.228. The maximum absolute atomic E-state index is 13.1. The Kier molecular flexibility index (Phi) is 6.46. The van der Waals surface area contributed by atoms with Gasteiger partial charge in [-0.3, -0.25) is 4.79 Å². The average molecular weight is 413 g/mol. The van der Waals surface area contributed by atoms with E-state index in [1.165, 1.54) is 35.7 Å². The summed E-state index contributed by atoms with van der Waals surface area (Å²) in [6, 6.07) is 12.4. The summed E-state index contributed by atoms with van der Waals surface area (Å²) in [5, 5.41) is 14.5. The van der Waals surface area contributed by atoms with Crippen LogP contribution in [-0.4, -0.2) is 5.91 Å². The van der Waals surface area contributed by atoms with Gasteiger partial charge in [-0.1, -0.05) is 30.3 Å². The number of aryl methyl sites for hydroxylation is 2. The minimum atomic E-state index is -4.55. The number of nitrogens with zero attached hydrogens (tertiary/aromatic N) is 1. The second-order valence-electron chi connectivity index (χ2n) is 7.29. The normalized spacial score (nSPS) is 15.0. The Hall–Kier alpha value is -3.27. The highest BCUT2D eigenvalue weighted by atomic mass is 19.4. The summed E-state index contributed by atoms with van der Waals surface area (Å²) < 4.78 is 39.3. The van der Waals surface area contributed by atoms with Crippen LogP contribution in [0.15, 0.2) is 54.2 Å². The third-order valence-electron chi connectivity index (χ3n) is 5.19. The largest absolute Gasteiger partial charge is 0.418 e. The van der Waals surface area contributed by atoms with E-state index in [1.807, 2.05) is 13.0 Å². The van der Waals surface area contributed by atoms with Gasteiger partial charge >= 0.3 is 6.18 Å². The molecule has 0 saturated heterocycles. The maximum atomic E-state index is 13.1. The first-order valence-corrected chi connectivity index (χ1v) is 9.75. The van der Waals surface area contributed by atoms with Crippen LogP contribution in [0.4, 0.5) is 18.9 Å². The number of carbonyl (C=O) groups is 1. The monoisotopic (exact) mass is 413 g/mol. The van der Waals surface area contributed by atoms with Gasteiger partial charge in [0.05, 0.1) is 17.3 Å². The van der Waals surface area contributed by atoms with E-state index >= 15 is 0 Å². The number of carbonyl (C=O) groups excluding carboxylic acids is 1. The smallest absolute Gasteiger partial charge is 0.360 e. The molecule has 0 saturated carbocycles. The Labute approximate surface area is 173 Å². The summed E-state index contributed by atoms with van der Waals surface area (Å²) in [5.74, 6) is -0.653. The first kappa shape index (κ1) is 21.4. The van der Waals surface area contributed by atoms with Crippen LogP contribution >= 0.6 is 0 Å². The summed E-state index contributed by atoms with van der Waals surface area (Å²) in [6.45, 7) is 1.81. The molecule has 2 aromatic carbocycles. The molecule has 1 amide bonds. The Morgan fingerprint density at radius 3 is 2.53 bits per heavy atom. The molecule has 0 fully saturated rings. The number of halogens is 3. The van der Waals surface area contributed by atoms with Crippen LogP contribution in [-0.2, 0) is 23.8 Å². The van der Waals surface area contributed by atoms with Gasteiger partial charge in [-0.25, -0.2) is 0 Å². The molecule has 30 heavy (non-hydrogen) atoms. The summed E-state index contributed by atoms with van der Waals surface area (Å²) in [4.78, 5) is 12.5. The molecule has 7 heteroatoms. The zero-order chi connectivity index (χ0) is 21.7. The number of fused-ring (bicyclic) bond motifs is 1. The molecular formula is C23H22F3N3O. The zero-order valence-corrected chi connectivity index (χ0v) is 16.5. The zero-order valence-electron chi connectivity index (χ0n) is 16.5. The van der Waals surface area contributed by atoms with Gasteiger partial charge in [-0.2, -0.15) is 18.4 Å². The van der Waals surface area contributed by atoms with Crippen molar-refractivity contribution < 1.29 is 18.0 Å². The van der Waals surface area contributed by atoms with Crippen molar-refractivity contribution in [2.24, 2.45) is 0 Å². The molecule has 2 aromatic rings. The van der Waals surface area contributed by atoms with Crippen molar-refractivity contribution >= 4 is 11.6 Å². The Morgan fingerprint density at radius 1 is 1.13 bits per heavy atom. The SMILES string of the molecule is CC(NC(=O)/C(C#N)=C\Nc1ccccc1C(F)(F)F)c1ccc2c(c1)CCCC2. The molecule has 0 aliphatic heterocycles. The lowest BCUT2D eigenvalue weighted by Crippen LogP contribution is -2.28. The third-order valence-corrected chi connectivity index (χ3v) is 5.19. The molecule has 4 nitrogen and oxygen atoms in total. The fourth-order valence-electron chi connectivity index (χ4n) is 3.54. The molecule has 0 aromatic heterocycles. The minimum Gasteiger partial charge on any atom is -0.360 e. The second-order valence-corrected chi connectivity index (χ2v) is 7.29. The third kappa shape index (κ3) is 5.01. The predicted octanol–water partition coefficient (Wildman–Crippen LogP) is 5.28. The van der Waals surface area contributed by atoms with Gasteiger partial charge in [-0.05, 0) is 61.4 Å². The molecule has 1 unspecified atom stereocenters. The van der Waals surface area contributed by atoms with Crippen molar-refractivity contribution in [3.05, 3.63) is 76.5 Å². The highest BCUT2D eigenvalue weighted by Crippen LogP contribution is 2.34. The number of rotatable bonds is 5. The fraction of sp³-hybridized carbons (Fsp3) is 0.304. The van der Waals surface area contributed by atoms with Crippen LogP contribution in [0, 0.1) is 11.3 Å². The molecule has 1 aliphatic carbocycles. The molecular weight excluding hydrogens is 391 g/mol. The predicted molar refractivity (Wildman–Crippen MR) is 108 cm³/mol. The lowest BCUT2D eigenvalue weighted by atomic mass is 9.89. The number of amides is 1. The van der Waals surface area contributed by atoms with Crippen LogP contribution < -0.4 is 10.6 Å². The Morgan fingerprint density at radius 2 is 1.83 bits per heavy atom. The quantitative estimate of drug-likeness (QED) is 0.518. The lowest BCUT2D eigenvalue weighted by Gasteiger charge is -2.20. The molecule has 0 bridgehead atoms. The average Bonchev–Trinajstić information content (AvgIpc) is 2.73. The van der Waals surface area contributed by atoms with Gasteiger partial charge in [0.2, 0.25) is 0 Å². The van der Waals surface area contributed by atoms with E-state index in [-0.39, 0.29) is 17.3 Å². The molecule has 0 radical (unpaired) electrons. The molecule has 0 spiro atoms. The lowest BCUT2D eigenvalue weighted by molar-refractivity contribution is -0.136. The number of hydrogen-bond donors (Lipinski definition) is 2. The van der Waals surface area contributed by atoms with Crippen molar-refractivity contribution in [2.45, 2.75) is 44.8 Å². The van der Waals surface area contributed by atoms with Gasteiger partial charge < -0.3 is 10.6 Å². The van der Waals surface area contributed by atoms with Gasteiger partial charge in [0, 0.05) is 6.20 Å². The summed E-state index contributed by atoms with van der Waals surface area (Å²) in [5.41, 5.74) is 2.12. The van der Waals surface area contributed by atoms with Gasteiger partial charge in [0.25, 0.3) is 5.91 Å². The number of nitriles is 1. The molecule has 1 atom stereocenters. The Bertz CT molecular complexity index is 1010. The number of nitrogens with one attached hydrogen (secondary N) is 2. The van der Waals surface area contributed by atoms with Crippen LogP contribution in [0.2, 0.25) is 0 Å². The Balaban J connectivity index is 1.72. The number of para-hydroxylation sites is 1. The van der Waals surface area contributed by atoms with E-state index in [2.05, 4.69) is 22.8 Å². The highest BCUT2D eigenvalue weighted by molar-refractivity contribution is 5.97. The van der Waals surface area contributed by atoms with Crippen LogP contribution in [0.3, 0.4) is 0 Å². The summed E-state index contributed by atoms with van der Waals surface area (Å²) >= 11 is 0. The van der Waals surface area contributed by atoms with Crippen molar-refractivity contribution in [3.63, 3.8) is 0 Å². The highest BCUT2D eigenvalue weighted by Gasteiger charge is 2.33. The first-order chi connectivity index (χ1) is 14.3. The van der Waals surface area contributed by atoms with Crippen LogP contribution in [0.1, 0.15) is 48.1 Å². The number of anilines is 1. The fourth-order valence-corrected chi connectivity index (χ4v) is 3.54. The number of alkyl halides is 3.